The summed E-state index contributed by atoms with van der Waals surface area (Å²) in [5, 5.41) is 2.59. The van der Waals surface area contributed by atoms with Crippen LogP contribution in [0.5, 0.6) is 0 Å². The summed E-state index contributed by atoms with van der Waals surface area (Å²) in [6, 6.07) is 3.94. The van der Waals surface area contributed by atoms with Crippen LogP contribution in [0.2, 0.25) is 0 Å². The maximum absolute atomic E-state index is 13.0. The zero-order valence-corrected chi connectivity index (χ0v) is 15.0. The van der Waals surface area contributed by atoms with Crippen molar-refractivity contribution in [2.24, 2.45) is 0 Å². The predicted molar refractivity (Wildman–Crippen MR) is 89.4 cm³/mol. The number of carbonyl (C=O) groups excluding carboxylic acids is 2. The molecule has 0 bridgehead atoms. The van der Waals surface area contributed by atoms with Gasteiger partial charge in [0, 0.05) is 19.5 Å². The number of rotatable bonds is 4. The number of benzene rings is 1. The van der Waals surface area contributed by atoms with Crippen molar-refractivity contribution in [1.82, 2.24) is 10.2 Å². The van der Waals surface area contributed by atoms with Crippen molar-refractivity contribution in [3.8, 4) is 0 Å². The van der Waals surface area contributed by atoms with Crippen LogP contribution >= 0.6 is 0 Å². The summed E-state index contributed by atoms with van der Waals surface area (Å²) < 4.78 is 44.2. The molecule has 8 heteroatoms. The van der Waals surface area contributed by atoms with E-state index in [2.05, 4.69) is 5.32 Å². The fourth-order valence-corrected chi connectivity index (χ4v) is 2.73. The Kier molecular flexibility index (Phi) is 5.83. The van der Waals surface area contributed by atoms with Crippen LogP contribution in [0.1, 0.15) is 50.8 Å². The van der Waals surface area contributed by atoms with E-state index in [1.807, 2.05) is 0 Å². The van der Waals surface area contributed by atoms with Crippen molar-refractivity contribution < 1.29 is 27.5 Å². The monoisotopic (exact) mass is 372 g/mol. The number of likely N-dealkylation sites (tertiary alicyclic amines) is 1. The quantitative estimate of drug-likeness (QED) is 0.872. The highest BCUT2D eigenvalue weighted by Gasteiger charge is 2.32. The number of ether oxygens (including phenoxy) is 1. The van der Waals surface area contributed by atoms with Crippen LogP contribution in [0.15, 0.2) is 24.3 Å². The molecule has 1 aromatic carbocycles. The van der Waals surface area contributed by atoms with Crippen molar-refractivity contribution in [2.75, 3.05) is 13.1 Å². The summed E-state index contributed by atoms with van der Waals surface area (Å²) in [6.07, 6.45) is -4.13. The molecule has 1 aromatic rings. The molecule has 1 unspecified atom stereocenters. The highest BCUT2D eigenvalue weighted by molar-refractivity contribution is 5.78. The van der Waals surface area contributed by atoms with Crippen LogP contribution in [-0.2, 0) is 15.7 Å². The molecule has 144 valence electrons. The van der Waals surface area contributed by atoms with Crippen LogP contribution < -0.4 is 5.32 Å². The lowest BCUT2D eigenvalue weighted by atomic mass is 10.0. The third kappa shape index (κ3) is 5.64. The minimum Gasteiger partial charge on any atom is -0.444 e. The second-order valence-electron chi connectivity index (χ2n) is 7.27. The van der Waals surface area contributed by atoms with Gasteiger partial charge in [0.15, 0.2) is 0 Å². The SMILES string of the molecule is CC(C)(C)OC(=O)NC(CN1CCCC1=O)c1cccc(C(F)(F)F)c1. The lowest BCUT2D eigenvalue weighted by Gasteiger charge is -2.27. The Morgan fingerprint density at radius 1 is 1.31 bits per heavy atom. The van der Waals surface area contributed by atoms with Crippen molar-refractivity contribution in [3.05, 3.63) is 35.4 Å². The lowest BCUT2D eigenvalue weighted by Crippen LogP contribution is -2.41. The summed E-state index contributed by atoms with van der Waals surface area (Å²) in [5.74, 6) is -0.0760. The van der Waals surface area contributed by atoms with E-state index in [1.165, 1.54) is 12.1 Å². The highest BCUT2D eigenvalue weighted by Crippen LogP contribution is 2.31. The molecule has 0 aromatic heterocycles. The van der Waals surface area contributed by atoms with Gasteiger partial charge in [-0.15, -0.1) is 0 Å². The Balaban J connectivity index is 2.25. The maximum atomic E-state index is 13.0. The van der Waals surface area contributed by atoms with Gasteiger partial charge in [0.25, 0.3) is 0 Å². The Hall–Kier alpha value is -2.25. The van der Waals surface area contributed by atoms with E-state index in [1.54, 1.807) is 25.7 Å². The summed E-state index contributed by atoms with van der Waals surface area (Å²) in [6.45, 7) is 5.69. The Labute approximate surface area is 150 Å². The van der Waals surface area contributed by atoms with Gasteiger partial charge in [-0.25, -0.2) is 4.79 Å². The van der Waals surface area contributed by atoms with Crippen molar-refractivity contribution in [2.45, 2.75) is 51.4 Å². The molecule has 1 fully saturated rings. The second kappa shape index (κ2) is 7.55. The first-order chi connectivity index (χ1) is 12.0. The van der Waals surface area contributed by atoms with E-state index >= 15 is 0 Å². The Bertz CT molecular complexity index is 668. The largest absolute Gasteiger partial charge is 0.444 e. The first-order valence-electron chi connectivity index (χ1n) is 8.40. The highest BCUT2D eigenvalue weighted by atomic mass is 19.4. The van der Waals surface area contributed by atoms with Crippen LogP contribution in [0.25, 0.3) is 0 Å². The fraction of sp³-hybridized carbons (Fsp3) is 0.556. The first-order valence-corrected chi connectivity index (χ1v) is 8.40. The molecule has 5 nitrogen and oxygen atoms in total. The third-order valence-electron chi connectivity index (χ3n) is 3.88. The molecule has 0 aliphatic carbocycles. The van der Waals surface area contributed by atoms with Crippen LogP contribution in [0.3, 0.4) is 0 Å². The van der Waals surface area contributed by atoms with Gasteiger partial charge >= 0.3 is 12.3 Å². The zero-order chi connectivity index (χ0) is 19.5. The van der Waals surface area contributed by atoms with Gasteiger partial charge in [0.05, 0.1) is 11.6 Å². The summed E-state index contributed by atoms with van der Waals surface area (Å²) in [4.78, 5) is 25.5. The standard InChI is InChI=1S/C18H23F3N2O3/c1-17(2,3)26-16(25)22-14(11-23-9-5-8-15(23)24)12-6-4-7-13(10-12)18(19,20)21/h4,6-7,10,14H,5,8-9,11H2,1-3H3,(H,22,25). The van der Waals surface area contributed by atoms with Gasteiger partial charge in [-0.1, -0.05) is 12.1 Å². The predicted octanol–water partition coefficient (Wildman–Crippen LogP) is 3.89. The van der Waals surface area contributed by atoms with E-state index in [4.69, 9.17) is 4.74 Å². The molecule has 1 aliphatic rings. The number of hydrogen-bond acceptors (Lipinski definition) is 3. The van der Waals surface area contributed by atoms with Crippen molar-refractivity contribution in [1.29, 1.82) is 0 Å². The number of halogens is 3. The number of amides is 2. The molecule has 1 heterocycles. The fourth-order valence-electron chi connectivity index (χ4n) is 2.73. The molecular formula is C18H23F3N2O3. The molecule has 0 radical (unpaired) electrons. The van der Waals surface area contributed by atoms with E-state index in [9.17, 15) is 22.8 Å². The normalized spacial score (nSPS) is 16.5. The van der Waals surface area contributed by atoms with Gasteiger partial charge in [-0.3, -0.25) is 4.79 Å². The Morgan fingerprint density at radius 2 is 2.00 bits per heavy atom. The molecule has 2 rings (SSSR count). The number of carbonyl (C=O) groups is 2. The van der Waals surface area contributed by atoms with Crippen molar-refractivity contribution in [3.63, 3.8) is 0 Å². The average molecular weight is 372 g/mol. The molecule has 1 saturated heterocycles. The molecule has 1 N–H and O–H groups in total. The number of alkyl halides is 3. The zero-order valence-electron chi connectivity index (χ0n) is 15.0. The van der Waals surface area contributed by atoms with E-state index in [0.717, 1.165) is 12.1 Å². The van der Waals surface area contributed by atoms with Gasteiger partial charge in [0.1, 0.15) is 5.60 Å². The summed E-state index contributed by atoms with van der Waals surface area (Å²) in [5.41, 5.74) is -1.28. The Morgan fingerprint density at radius 3 is 2.54 bits per heavy atom. The average Bonchev–Trinajstić information content (AvgIpc) is 2.89. The van der Waals surface area contributed by atoms with E-state index in [0.29, 0.717) is 19.4 Å². The number of hydrogen-bond donors (Lipinski definition) is 1. The van der Waals surface area contributed by atoms with Crippen molar-refractivity contribution >= 4 is 12.0 Å². The minimum atomic E-state index is -4.49. The number of nitrogens with one attached hydrogen (secondary N) is 1. The number of nitrogens with zero attached hydrogens (tertiary/aromatic N) is 1. The van der Waals surface area contributed by atoms with Crippen LogP contribution in [0.4, 0.5) is 18.0 Å². The molecule has 0 saturated carbocycles. The smallest absolute Gasteiger partial charge is 0.416 e. The minimum absolute atomic E-state index is 0.0760. The maximum Gasteiger partial charge on any atom is 0.416 e. The molecule has 26 heavy (non-hydrogen) atoms. The second-order valence-corrected chi connectivity index (χ2v) is 7.27. The lowest BCUT2D eigenvalue weighted by molar-refractivity contribution is -0.137. The molecule has 2 amide bonds. The molecule has 0 spiro atoms. The third-order valence-corrected chi connectivity index (χ3v) is 3.88. The number of alkyl carbamates (subject to hydrolysis) is 1. The van der Waals surface area contributed by atoms with Gasteiger partial charge in [-0.05, 0) is 44.9 Å². The molecule has 1 atom stereocenters. The van der Waals surface area contributed by atoms with Gasteiger partial charge in [-0.2, -0.15) is 13.2 Å². The molecular weight excluding hydrogens is 349 g/mol. The van der Waals surface area contributed by atoms with E-state index < -0.39 is 29.5 Å². The first kappa shape index (κ1) is 20.1. The topological polar surface area (TPSA) is 58.6 Å². The molecule has 1 aliphatic heterocycles. The van der Waals surface area contributed by atoms with Gasteiger partial charge in [0.2, 0.25) is 5.91 Å². The van der Waals surface area contributed by atoms with E-state index in [-0.39, 0.29) is 18.0 Å². The van der Waals surface area contributed by atoms with Crippen LogP contribution in [0, 0.1) is 0 Å². The summed E-state index contributed by atoms with van der Waals surface area (Å²) in [7, 11) is 0. The van der Waals surface area contributed by atoms with Crippen LogP contribution in [-0.4, -0.2) is 35.6 Å². The summed E-state index contributed by atoms with van der Waals surface area (Å²) >= 11 is 0. The van der Waals surface area contributed by atoms with Gasteiger partial charge < -0.3 is 15.0 Å².